The molecular weight excluding hydrogens is 334 g/mol. The second kappa shape index (κ2) is 6.69. The first-order valence-corrected chi connectivity index (χ1v) is 8.74. The smallest absolute Gasteiger partial charge is 0.263 e. The van der Waals surface area contributed by atoms with Crippen LogP contribution in [0.3, 0.4) is 0 Å². The molecule has 0 aliphatic carbocycles. The Labute approximate surface area is 138 Å². The van der Waals surface area contributed by atoms with E-state index in [2.05, 4.69) is 15.5 Å². The fourth-order valence-electron chi connectivity index (χ4n) is 2.63. The summed E-state index contributed by atoms with van der Waals surface area (Å²) in [6.45, 7) is 0.710. The number of nitrogens with one attached hydrogen (secondary N) is 3. The zero-order valence-electron chi connectivity index (χ0n) is 12.6. The maximum atomic E-state index is 12.8. The van der Waals surface area contributed by atoms with Gasteiger partial charge < -0.3 is 5.32 Å². The van der Waals surface area contributed by atoms with Gasteiger partial charge in [-0.05, 0) is 23.8 Å². The molecule has 0 radical (unpaired) electrons. The molecule has 128 valence electrons. The van der Waals surface area contributed by atoms with Crippen molar-refractivity contribution in [2.45, 2.75) is 10.9 Å². The second-order valence-electron chi connectivity index (χ2n) is 5.31. The van der Waals surface area contributed by atoms with Gasteiger partial charge in [0.15, 0.2) is 0 Å². The number of rotatable bonds is 4. The number of aromatic nitrogens is 2. The molecule has 1 saturated heterocycles. The number of piperazine rings is 1. The molecule has 3 rings (SSSR count). The molecule has 9 nitrogen and oxygen atoms in total. The van der Waals surface area contributed by atoms with E-state index in [1.807, 2.05) is 0 Å². The second-order valence-corrected chi connectivity index (χ2v) is 7.20. The van der Waals surface area contributed by atoms with Crippen molar-refractivity contribution in [3.8, 4) is 11.3 Å². The molecule has 2 aromatic rings. The lowest BCUT2D eigenvalue weighted by molar-refractivity contribution is -0.133. The average molecular weight is 351 g/mol. The minimum absolute atomic E-state index is 0.0865. The Bertz CT molecular complexity index is 804. The summed E-state index contributed by atoms with van der Waals surface area (Å²) >= 11 is 0. The normalized spacial score (nSPS) is 19.1. The summed E-state index contributed by atoms with van der Waals surface area (Å²) in [7, 11) is -3.86. The first kappa shape index (κ1) is 16.6. The number of aromatic amines is 1. The highest BCUT2D eigenvalue weighted by molar-refractivity contribution is 7.89. The van der Waals surface area contributed by atoms with Crippen LogP contribution in [0.25, 0.3) is 11.3 Å². The highest BCUT2D eigenvalue weighted by atomic mass is 32.2. The molecular formula is C14H17N5O4S. The molecule has 24 heavy (non-hydrogen) atoms. The van der Waals surface area contributed by atoms with Crippen LogP contribution in [0.5, 0.6) is 0 Å². The van der Waals surface area contributed by atoms with Gasteiger partial charge >= 0.3 is 0 Å². The summed E-state index contributed by atoms with van der Waals surface area (Å²) < 4.78 is 26.8. The Kier molecular flexibility index (Phi) is 4.62. The van der Waals surface area contributed by atoms with Crippen molar-refractivity contribution < 1.29 is 18.4 Å². The Balaban J connectivity index is 1.90. The van der Waals surface area contributed by atoms with Gasteiger partial charge in [0.1, 0.15) is 6.04 Å². The zero-order chi connectivity index (χ0) is 17.2. The van der Waals surface area contributed by atoms with Gasteiger partial charge in [-0.15, -0.1) is 0 Å². The van der Waals surface area contributed by atoms with Crippen LogP contribution in [0.15, 0.2) is 41.4 Å². The summed E-state index contributed by atoms with van der Waals surface area (Å²) in [6.07, 6.45) is 1.61. The number of nitrogens with zero attached hydrogens (tertiary/aromatic N) is 2. The summed E-state index contributed by atoms with van der Waals surface area (Å²) in [5, 5.41) is 18.4. The largest absolute Gasteiger partial charge is 0.313 e. The van der Waals surface area contributed by atoms with Crippen molar-refractivity contribution in [1.29, 1.82) is 0 Å². The maximum Gasteiger partial charge on any atom is 0.263 e. The third-order valence-corrected chi connectivity index (χ3v) is 5.80. The Morgan fingerprint density at radius 1 is 1.29 bits per heavy atom. The van der Waals surface area contributed by atoms with E-state index in [0.717, 1.165) is 15.6 Å². The van der Waals surface area contributed by atoms with Gasteiger partial charge in [-0.3, -0.25) is 15.1 Å². The summed E-state index contributed by atoms with van der Waals surface area (Å²) in [5.74, 6) is -0.764. The fraction of sp³-hybridized carbons (Fsp3) is 0.286. The summed E-state index contributed by atoms with van der Waals surface area (Å²) in [6, 6.07) is 7.10. The number of amides is 1. The number of carbonyl (C=O) groups is 1. The lowest BCUT2D eigenvalue weighted by Gasteiger charge is -2.33. The van der Waals surface area contributed by atoms with Gasteiger partial charge in [0.25, 0.3) is 5.91 Å². The molecule has 1 amide bonds. The monoisotopic (exact) mass is 351 g/mol. The molecule has 0 unspecified atom stereocenters. The number of hydroxylamine groups is 1. The lowest BCUT2D eigenvalue weighted by Crippen LogP contribution is -2.59. The molecule has 1 aromatic carbocycles. The molecule has 0 saturated carbocycles. The minimum atomic E-state index is -3.86. The van der Waals surface area contributed by atoms with Crippen molar-refractivity contribution in [1.82, 2.24) is 25.3 Å². The van der Waals surface area contributed by atoms with E-state index < -0.39 is 22.0 Å². The molecule has 1 aliphatic rings. The van der Waals surface area contributed by atoms with E-state index in [1.165, 1.54) is 17.6 Å². The van der Waals surface area contributed by atoms with Crippen LogP contribution in [0, 0.1) is 0 Å². The van der Waals surface area contributed by atoms with E-state index in [1.54, 1.807) is 24.4 Å². The SMILES string of the molecule is O=C(NO)[C@H]1CNCCN1S(=O)(=O)c1ccc(-c2ccn[nH]2)cc1. The van der Waals surface area contributed by atoms with E-state index in [-0.39, 0.29) is 18.0 Å². The van der Waals surface area contributed by atoms with Gasteiger partial charge in [0, 0.05) is 25.8 Å². The van der Waals surface area contributed by atoms with Crippen molar-refractivity contribution in [2.75, 3.05) is 19.6 Å². The van der Waals surface area contributed by atoms with Crippen LogP contribution in [-0.2, 0) is 14.8 Å². The first-order valence-electron chi connectivity index (χ1n) is 7.30. The molecule has 1 fully saturated rings. The van der Waals surface area contributed by atoms with E-state index in [4.69, 9.17) is 5.21 Å². The fourth-order valence-corrected chi connectivity index (χ4v) is 4.22. The predicted molar refractivity (Wildman–Crippen MR) is 84.5 cm³/mol. The van der Waals surface area contributed by atoms with Crippen molar-refractivity contribution in [2.24, 2.45) is 0 Å². The third-order valence-electron chi connectivity index (χ3n) is 3.88. The number of hydrogen-bond acceptors (Lipinski definition) is 6. The molecule has 1 aromatic heterocycles. The van der Waals surface area contributed by atoms with E-state index >= 15 is 0 Å². The third kappa shape index (κ3) is 3.04. The van der Waals surface area contributed by atoms with Crippen LogP contribution in [0.1, 0.15) is 0 Å². The van der Waals surface area contributed by atoms with Gasteiger partial charge in [0.2, 0.25) is 10.0 Å². The van der Waals surface area contributed by atoms with Crippen molar-refractivity contribution in [3.63, 3.8) is 0 Å². The zero-order valence-corrected chi connectivity index (χ0v) is 13.5. The van der Waals surface area contributed by atoms with E-state index in [0.29, 0.717) is 6.54 Å². The van der Waals surface area contributed by atoms with Crippen molar-refractivity contribution in [3.05, 3.63) is 36.5 Å². The molecule has 1 aliphatic heterocycles. The van der Waals surface area contributed by atoms with Crippen LogP contribution < -0.4 is 10.8 Å². The molecule has 0 spiro atoms. The van der Waals surface area contributed by atoms with Crippen molar-refractivity contribution >= 4 is 15.9 Å². The topological polar surface area (TPSA) is 127 Å². The average Bonchev–Trinajstić information content (AvgIpc) is 3.16. The number of H-pyrrole nitrogens is 1. The molecule has 10 heteroatoms. The first-order chi connectivity index (χ1) is 11.5. The number of hydrogen-bond donors (Lipinski definition) is 4. The highest BCUT2D eigenvalue weighted by Crippen LogP contribution is 2.23. The van der Waals surface area contributed by atoms with Crippen LogP contribution in [0.2, 0.25) is 0 Å². The number of sulfonamides is 1. The standard InChI is InChI=1S/C14H17N5O4S/c20-14(18-21)13-9-15-7-8-19(13)24(22,23)11-3-1-10(2-4-11)12-5-6-16-17-12/h1-6,13,15,21H,7-9H2,(H,16,17)(H,18,20)/t13-/m1/s1. The molecule has 4 N–H and O–H groups in total. The van der Waals surface area contributed by atoms with Gasteiger partial charge in [-0.25, -0.2) is 13.9 Å². The van der Waals surface area contributed by atoms with Crippen LogP contribution in [-0.4, -0.2) is 59.7 Å². The molecule has 0 bridgehead atoms. The Morgan fingerprint density at radius 3 is 2.67 bits per heavy atom. The Morgan fingerprint density at radius 2 is 2.04 bits per heavy atom. The summed E-state index contributed by atoms with van der Waals surface area (Å²) in [5.41, 5.74) is 3.10. The van der Waals surface area contributed by atoms with Gasteiger partial charge in [0.05, 0.1) is 10.6 Å². The molecule has 1 atom stereocenters. The predicted octanol–water partition coefficient (Wildman–Crippen LogP) is -0.455. The highest BCUT2D eigenvalue weighted by Gasteiger charge is 2.37. The van der Waals surface area contributed by atoms with Crippen LogP contribution in [0.4, 0.5) is 0 Å². The Hall–Kier alpha value is -2.27. The van der Waals surface area contributed by atoms with Gasteiger partial charge in [-0.1, -0.05) is 12.1 Å². The minimum Gasteiger partial charge on any atom is -0.313 e. The summed E-state index contributed by atoms with van der Waals surface area (Å²) in [4.78, 5) is 11.8. The maximum absolute atomic E-state index is 12.8. The van der Waals surface area contributed by atoms with E-state index in [9.17, 15) is 13.2 Å². The number of benzene rings is 1. The lowest BCUT2D eigenvalue weighted by atomic mass is 10.2. The number of carbonyl (C=O) groups excluding carboxylic acids is 1. The molecule has 2 heterocycles. The van der Waals surface area contributed by atoms with Crippen LogP contribution >= 0.6 is 0 Å². The quantitative estimate of drug-likeness (QED) is 0.436. The van der Waals surface area contributed by atoms with Gasteiger partial charge in [-0.2, -0.15) is 9.40 Å².